The van der Waals surface area contributed by atoms with E-state index in [1.807, 2.05) is 39.0 Å². The van der Waals surface area contributed by atoms with Crippen LogP contribution >= 0.6 is 0 Å². The van der Waals surface area contributed by atoms with E-state index in [9.17, 15) is 0 Å². The second-order valence-electron chi connectivity index (χ2n) is 5.39. The van der Waals surface area contributed by atoms with Crippen molar-refractivity contribution in [1.29, 1.82) is 0 Å². The Morgan fingerprint density at radius 2 is 2.00 bits per heavy atom. The highest BCUT2D eigenvalue weighted by Crippen LogP contribution is 2.24. The minimum Gasteiger partial charge on any atom is -0.491 e. The van der Waals surface area contributed by atoms with Crippen molar-refractivity contribution in [1.82, 2.24) is 5.48 Å². The third kappa shape index (κ3) is 6.54. The van der Waals surface area contributed by atoms with Crippen LogP contribution in [0.25, 0.3) is 0 Å². The Hall–Kier alpha value is -1.68. The van der Waals surface area contributed by atoms with Gasteiger partial charge in [0.2, 0.25) is 0 Å². The second kappa shape index (κ2) is 8.57. The molecule has 0 aromatic heterocycles. The monoisotopic (exact) mass is 293 g/mol. The van der Waals surface area contributed by atoms with Gasteiger partial charge in [0, 0.05) is 5.70 Å². The number of hydrogen-bond acceptors (Lipinski definition) is 4. The number of hydroxylamine groups is 1. The Labute approximate surface area is 128 Å². The molecule has 0 saturated carbocycles. The van der Waals surface area contributed by atoms with Crippen LogP contribution in [0.3, 0.4) is 0 Å². The summed E-state index contributed by atoms with van der Waals surface area (Å²) in [5.41, 5.74) is 4.57. The summed E-state index contributed by atoms with van der Waals surface area (Å²) in [4.78, 5) is 5.35. The molecule has 0 bridgehead atoms. The van der Waals surface area contributed by atoms with E-state index in [-0.39, 0.29) is 12.2 Å². The van der Waals surface area contributed by atoms with Gasteiger partial charge in [0.25, 0.3) is 0 Å². The average Bonchev–Trinajstić information content (AvgIpc) is 2.45. The van der Waals surface area contributed by atoms with Crippen LogP contribution < -0.4 is 15.0 Å². The third-order valence-corrected chi connectivity index (χ3v) is 2.97. The van der Waals surface area contributed by atoms with Crippen molar-refractivity contribution in [2.24, 2.45) is 0 Å². The van der Waals surface area contributed by atoms with E-state index in [1.54, 1.807) is 0 Å². The smallest absolute Gasteiger partial charge is 0.122 e. The molecule has 0 saturated heterocycles. The van der Waals surface area contributed by atoms with Crippen molar-refractivity contribution in [3.63, 3.8) is 0 Å². The van der Waals surface area contributed by atoms with E-state index in [4.69, 9.17) is 14.3 Å². The van der Waals surface area contributed by atoms with Gasteiger partial charge in [0.05, 0.1) is 6.10 Å². The number of benzene rings is 1. The van der Waals surface area contributed by atoms with Crippen LogP contribution in [-0.2, 0) is 4.84 Å². The Balaban J connectivity index is 2.50. The zero-order valence-corrected chi connectivity index (χ0v) is 13.7. The Morgan fingerprint density at radius 1 is 1.29 bits per heavy atom. The summed E-state index contributed by atoms with van der Waals surface area (Å²) >= 11 is 0. The van der Waals surface area contributed by atoms with Gasteiger partial charge in [-0.05, 0) is 57.9 Å². The quantitative estimate of drug-likeness (QED) is 0.699. The van der Waals surface area contributed by atoms with Crippen LogP contribution in [-0.4, -0.2) is 18.8 Å². The summed E-state index contributed by atoms with van der Waals surface area (Å²) in [6.45, 7) is 14.1. The van der Waals surface area contributed by atoms with Crippen LogP contribution in [0.15, 0.2) is 30.5 Å². The van der Waals surface area contributed by atoms with Crippen LogP contribution in [0.4, 0.5) is 0 Å². The van der Waals surface area contributed by atoms with Gasteiger partial charge in [0.1, 0.15) is 24.2 Å². The van der Waals surface area contributed by atoms with Crippen molar-refractivity contribution in [3.05, 3.63) is 36.0 Å². The van der Waals surface area contributed by atoms with Gasteiger partial charge in [-0.3, -0.25) is 10.3 Å². The second-order valence-corrected chi connectivity index (χ2v) is 5.39. The summed E-state index contributed by atoms with van der Waals surface area (Å²) in [6, 6.07) is 5.86. The number of ether oxygens (including phenoxy) is 2. The van der Waals surface area contributed by atoms with E-state index >= 15 is 0 Å². The molecule has 0 aliphatic rings. The molecular weight excluding hydrogens is 266 g/mol. The fraction of sp³-hybridized carbons (Fsp3) is 0.529. The molecule has 4 nitrogen and oxygen atoms in total. The summed E-state index contributed by atoms with van der Waals surface area (Å²) in [7, 11) is 0. The molecule has 1 aromatic carbocycles. The van der Waals surface area contributed by atoms with Crippen molar-refractivity contribution >= 4 is 0 Å². The molecule has 21 heavy (non-hydrogen) atoms. The molecule has 2 unspecified atom stereocenters. The first-order chi connectivity index (χ1) is 9.92. The fourth-order valence-electron chi connectivity index (χ4n) is 1.59. The number of rotatable bonds is 9. The van der Waals surface area contributed by atoms with Crippen molar-refractivity contribution < 1.29 is 14.3 Å². The van der Waals surface area contributed by atoms with Gasteiger partial charge in [-0.2, -0.15) is 0 Å². The molecule has 0 aliphatic heterocycles. The normalized spacial score (nSPS) is 13.4. The Morgan fingerprint density at radius 3 is 2.57 bits per heavy atom. The van der Waals surface area contributed by atoms with Crippen LogP contribution in [0.2, 0.25) is 0 Å². The van der Waals surface area contributed by atoms with E-state index in [2.05, 4.69) is 25.9 Å². The van der Waals surface area contributed by atoms with Crippen molar-refractivity contribution in [2.45, 2.75) is 53.2 Å². The molecule has 2 atom stereocenters. The third-order valence-electron chi connectivity index (χ3n) is 2.97. The summed E-state index contributed by atoms with van der Waals surface area (Å²) in [6.07, 6.45) is 1.14. The molecule has 0 aliphatic carbocycles. The topological polar surface area (TPSA) is 39.7 Å². The zero-order valence-electron chi connectivity index (χ0n) is 13.7. The first-order valence-corrected chi connectivity index (χ1v) is 7.39. The molecule has 0 radical (unpaired) electrons. The SMILES string of the molecule is C=C(C)NOC(C)COc1ccc(OC(C)CC)c(C)c1. The molecule has 0 fully saturated rings. The molecule has 0 heterocycles. The predicted octanol–water partition coefficient (Wildman–Crippen LogP) is 3.99. The molecular formula is C17H27NO3. The molecule has 1 rings (SSSR count). The number of aryl methyl sites for hydroxylation is 1. The fourth-order valence-corrected chi connectivity index (χ4v) is 1.59. The number of allylic oxidation sites excluding steroid dienone is 1. The highest BCUT2D eigenvalue weighted by Gasteiger charge is 2.08. The minimum atomic E-state index is -0.0713. The zero-order chi connectivity index (χ0) is 15.8. The van der Waals surface area contributed by atoms with Crippen molar-refractivity contribution in [2.75, 3.05) is 6.61 Å². The number of hydrogen-bond donors (Lipinski definition) is 1. The summed E-state index contributed by atoms with van der Waals surface area (Å²) in [5.74, 6) is 1.72. The lowest BCUT2D eigenvalue weighted by molar-refractivity contribution is -0.0201. The number of nitrogens with one attached hydrogen (secondary N) is 1. The highest BCUT2D eigenvalue weighted by molar-refractivity contribution is 5.39. The molecule has 1 N–H and O–H groups in total. The van der Waals surface area contributed by atoms with Crippen molar-refractivity contribution in [3.8, 4) is 11.5 Å². The molecule has 0 amide bonds. The molecule has 1 aromatic rings. The average molecular weight is 293 g/mol. The van der Waals surface area contributed by atoms with E-state index < -0.39 is 0 Å². The molecule has 4 heteroatoms. The minimum absolute atomic E-state index is 0.0713. The van der Waals surface area contributed by atoms with Gasteiger partial charge in [-0.25, -0.2) is 0 Å². The predicted molar refractivity (Wildman–Crippen MR) is 85.6 cm³/mol. The van der Waals surface area contributed by atoms with Crippen LogP contribution in [0.5, 0.6) is 11.5 Å². The standard InChI is InChI=1S/C17H27NO3/c1-7-14(5)20-17-9-8-16(10-13(17)4)19-11-15(6)21-18-12(2)3/h8-10,14-15,18H,2,7,11H2,1,3-6H3. The van der Waals surface area contributed by atoms with E-state index in [0.29, 0.717) is 6.61 Å². The largest absolute Gasteiger partial charge is 0.491 e. The molecule has 0 spiro atoms. The molecule has 118 valence electrons. The van der Waals surface area contributed by atoms with Gasteiger partial charge in [0.15, 0.2) is 0 Å². The first-order valence-electron chi connectivity index (χ1n) is 7.39. The lowest BCUT2D eigenvalue weighted by Crippen LogP contribution is -2.25. The maximum Gasteiger partial charge on any atom is 0.122 e. The maximum atomic E-state index is 5.84. The highest BCUT2D eigenvalue weighted by atomic mass is 16.7. The summed E-state index contributed by atoms with van der Waals surface area (Å²) in [5, 5.41) is 0. The lowest BCUT2D eigenvalue weighted by atomic mass is 10.2. The maximum absolute atomic E-state index is 5.84. The summed E-state index contributed by atoms with van der Waals surface area (Å²) < 4.78 is 11.6. The first kappa shape index (κ1) is 17.4. The van der Waals surface area contributed by atoms with E-state index in [0.717, 1.165) is 29.2 Å². The lowest BCUT2D eigenvalue weighted by Gasteiger charge is -2.17. The van der Waals surface area contributed by atoms with E-state index in [1.165, 1.54) is 0 Å². The Bertz CT molecular complexity index is 459. The van der Waals surface area contributed by atoms with Crippen LogP contribution in [0, 0.1) is 6.92 Å². The van der Waals surface area contributed by atoms with Gasteiger partial charge in [-0.15, -0.1) is 0 Å². The van der Waals surface area contributed by atoms with Gasteiger partial charge in [-0.1, -0.05) is 13.5 Å². The van der Waals surface area contributed by atoms with Gasteiger partial charge >= 0.3 is 0 Å². The van der Waals surface area contributed by atoms with Crippen LogP contribution in [0.1, 0.15) is 39.7 Å². The Kier molecular flexibility index (Phi) is 7.09. The van der Waals surface area contributed by atoms with Gasteiger partial charge < -0.3 is 9.47 Å².